The third kappa shape index (κ3) is 3.13. The van der Waals surface area contributed by atoms with E-state index in [1.165, 1.54) is 6.07 Å². The van der Waals surface area contributed by atoms with Crippen molar-refractivity contribution in [1.82, 2.24) is 20.2 Å². The van der Waals surface area contributed by atoms with Crippen LogP contribution in [0.4, 0.5) is 17.6 Å². The van der Waals surface area contributed by atoms with Gasteiger partial charge in [0.1, 0.15) is 22.7 Å². The molecule has 25 heavy (non-hydrogen) atoms. The molecule has 0 saturated carbocycles. The number of hydrogen-bond acceptors (Lipinski definition) is 3. The molecule has 0 radical (unpaired) electrons. The van der Waals surface area contributed by atoms with Crippen molar-refractivity contribution in [2.75, 3.05) is 0 Å². The maximum atomic E-state index is 14.2. The molecule has 2 N–H and O–H groups in total. The van der Waals surface area contributed by atoms with Crippen LogP contribution < -0.4 is 5.56 Å². The van der Waals surface area contributed by atoms with E-state index in [-0.39, 0.29) is 29.2 Å². The highest BCUT2D eigenvalue weighted by atomic mass is 19.4. The van der Waals surface area contributed by atoms with Crippen LogP contribution in [0.15, 0.2) is 23.0 Å². The smallest absolute Gasteiger partial charge is 0.308 e. The monoisotopic (exact) mass is 354 g/mol. The molecule has 0 atom stereocenters. The van der Waals surface area contributed by atoms with Gasteiger partial charge in [0.15, 0.2) is 0 Å². The second kappa shape index (κ2) is 5.98. The molecular formula is C16H14F4N4O. The van der Waals surface area contributed by atoms with E-state index in [9.17, 15) is 22.4 Å². The first-order valence-electron chi connectivity index (χ1n) is 7.50. The molecule has 0 unspecified atom stereocenters. The van der Waals surface area contributed by atoms with Crippen molar-refractivity contribution in [2.45, 2.75) is 32.4 Å². The number of fused-ring (bicyclic) bond motifs is 1. The Morgan fingerprint density at radius 3 is 2.60 bits per heavy atom. The number of H-pyrrole nitrogens is 2. The predicted molar refractivity (Wildman–Crippen MR) is 82.8 cm³/mol. The number of aromatic amines is 2. The van der Waals surface area contributed by atoms with Gasteiger partial charge in [0.25, 0.3) is 5.56 Å². The first-order valence-corrected chi connectivity index (χ1v) is 7.50. The van der Waals surface area contributed by atoms with Gasteiger partial charge < -0.3 is 4.98 Å². The molecular weight excluding hydrogens is 340 g/mol. The molecule has 0 amide bonds. The molecule has 0 spiro atoms. The number of rotatable bonds is 3. The van der Waals surface area contributed by atoms with Crippen molar-refractivity contribution < 1.29 is 17.6 Å². The number of aromatic nitrogens is 4. The number of halogens is 4. The average Bonchev–Trinajstić information content (AvgIpc) is 2.93. The number of nitrogens with one attached hydrogen (secondary N) is 2. The first kappa shape index (κ1) is 17.1. The SMILES string of the molecule is CC(C)c1n[nH]c2c(=O)[nH]c(Cc3cccc(C(F)(F)F)c3F)nc12. The Morgan fingerprint density at radius 1 is 1.24 bits per heavy atom. The quantitative estimate of drug-likeness (QED) is 0.707. The molecule has 2 aromatic heterocycles. The van der Waals surface area contributed by atoms with Crippen LogP contribution in [0.25, 0.3) is 11.0 Å². The lowest BCUT2D eigenvalue weighted by Gasteiger charge is -2.11. The van der Waals surface area contributed by atoms with Gasteiger partial charge in [-0.25, -0.2) is 9.37 Å². The van der Waals surface area contributed by atoms with Crippen LogP contribution in [0.3, 0.4) is 0 Å². The van der Waals surface area contributed by atoms with Crippen molar-refractivity contribution in [1.29, 1.82) is 0 Å². The number of nitrogens with zero attached hydrogens (tertiary/aromatic N) is 2. The van der Waals surface area contributed by atoms with Gasteiger partial charge in [-0.15, -0.1) is 0 Å². The maximum Gasteiger partial charge on any atom is 0.419 e. The van der Waals surface area contributed by atoms with Crippen LogP contribution in [0.2, 0.25) is 0 Å². The molecule has 0 aliphatic rings. The van der Waals surface area contributed by atoms with Gasteiger partial charge in [0.05, 0.1) is 11.3 Å². The molecule has 5 nitrogen and oxygen atoms in total. The largest absolute Gasteiger partial charge is 0.419 e. The zero-order valence-corrected chi connectivity index (χ0v) is 13.3. The molecule has 0 saturated heterocycles. The summed E-state index contributed by atoms with van der Waals surface area (Å²) >= 11 is 0. The lowest BCUT2D eigenvalue weighted by molar-refractivity contribution is -0.140. The molecule has 3 aromatic rings. The third-order valence-corrected chi connectivity index (χ3v) is 3.79. The molecule has 9 heteroatoms. The van der Waals surface area contributed by atoms with Gasteiger partial charge in [0, 0.05) is 6.42 Å². The van der Waals surface area contributed by atoms with Gasteiger partial charge in [-0.1, -0.05) is 26.0 Å². The fraction of sp³-hybridized carbons (Fsp3) is 0.312. The summed E-state index contributed by atoms with van der Waals surface area (Å²) in [6, 6.07) is 3.02. The van der Waals surface area contributed by atoms with Gasteiger partial charge in [-0.05, 0) is 17.5 Å². The second-order valence-electron chi connectivity index (χ2n) is 5.95. The van der Waals surface area contributed by atoms with Crippen molar-refractivity contribution in [2.24, 2.45) is 0 Å². The van der Waals surface area contributed by atoms with Crippen molar-refractivity contribution >= 4 is 11.0 Å². The van der Waals surface area contributed by atoms with Crippen LogP contribution in [0, 0.1) is 5.82 Å². The minimum Gasteiger partial charge on any atom is -0.308 e. The molecule has 0 fully saturated rings. The summed E-state index contributed by atoms with van der Waals surface area (Å²) in [5, 5.41) is 6.63. The van der Waals surface area contributed by atoms with Crippen molar-refractivity contribution in [3.63, 3.8) is 0 Å². The van der Waals surface area contributed by atoms with E-state index in [0.717, 1.165) is 6.07 Å². The Kier molecular flexibility index (Phi) is 4.09. The summed E-state index contributed by atoms with van der Waals surface area (Å²) in [5.41, 5.74) is -0.983. The fourth-order valence-corrected chi connectivity index (χ4v) is 2.58. The zero-order chi connectivity index (χ0) is 18.4. The van der Waals surface area contributed by atoms with Crippen LogP contribution in [-0.2, 0) is 12.6 Å². The maximum absolute atomic E-state index is 14.2. The lowest BCUT2D eigenvalue weighted by atomic mass is 10.1. The number of alkyl halides is 3. The third-order valence-electron chi connectivity index (χ3n) is 3.79. The average molecular weight is 354 g/mol. The molecule has 132 valence electrons. The molecule has 3 rings (SSSR count). The Labute approximate surface area is 139 Å². The van der Waals surface area contributed by atoms with Gasteiger partial charge in [0.2, 0.25) is 0 Å². The lowest BCUT2D eigenvalue weighted by Crippen LogP contribution is -2.14. The number of hydrogen-bond donors (Lipinski definition) is 2. The van der Waals surface area contributed by atoms with E-state index in [1.807, 2.05) is 13.8 Å². The highest BCUT2D eigenvalue weighted by molar-refractivity contribution is 5.76. The Hall–Kier alpha value is -2.71. The fourth-order valence-electron chi connectivity index (χ4n) is 2.58. The van der Waals surface area contributed by atoms with Gasteiger partial charge >= 0.3 is 6.18 Å². The molecule has 2 heterocycles. The molecule has 0 aliphatic carbocycles. The Bertz CT molecular complexity index is 988. The van der Waals surface area contributed by atoms with Crippen LogP contribution in [0.1, 0.15) is 42.4 Å². The topological polar surface area (TPSA) is 74.4 Å². The van der Waals surface area contributed by atoms with E-state index in [0.29, 0.717) is 17.3 Å². The summed E-state index contributed by atoms with van der Waals surface area (Å²) in [5.74, 6) is -1.31. The van der Waals surface area contributed by atoms with E-state index >= 15 is 0 Å². The summed E-state index contributed by atoms with van der Waals surface area (Å²) in [6.45, 7) is 3.73. The predicted octanol–water partition coefficient (Wildman–Crippen LogP) is 3.52. The second-order valence-corrected chi connectivity index (χ2v) is 5.95. The minimum atomic E-state index is -4.79. The standard InChI is InChI=1S/C16H14F4N4O/c1-7(2)12-13-14(24-23-12)15(25)22-10(21-13)6-8-4-3-5-9(11(8)17)16(18,19)20/h3-5,7H,6H2,1-2H3,(H,23,24)(H,21,22,25). The minimum absolute atomic E-state index is 0.0128. The van der Waals surface area contributed by atoms with Gasteiger partial charge in [-0.2, -0.15) is 18.3 Å². The van der Waals surface area contributed by atoms with E-state index in [2.05, 4.69) is 20.2 Å². The van der Waals surface area contributed by atoms with Crippen molar-refractivity contribution in [3.8, 4) is 0 Å². The number of benzene rings is 1. The van der Waals surface area contributed by atoms with Crippen molar-refractivity contribution in [3.05, 3.63) is 57.0 Å². The van der Waals surface area contributed by atoms with Crippen LogP contribution in [-0.4, -0.2) is 20.2 Å². The van der Waals surface area contributed by atoms with E-state index < -0.39 is 23.1 Å². The molecule has 1 aromatic carbocycles. The van der Waals surface area contributed by atoms with Crippen LogP contribution >= 0.6 is 0 Å². The van der Waals surface area contributed by atoms with E-state index in [1.54, 1.807) is 0 Å². The summed E-state index contributed by atoms with van der Waals surface area (Å²) in [7, 11) is 0. The molecule has 0 bridgehead atoms. The summed E-state index contributed by atoms with van der Waals surface area (Å²) < 4.78 is 52.6. The van der Waals surface area contributed by atoms with E-state index in [4.69, 9.17) is 0 Å². The first-order chi connectivity index (χ1) is 11.7. The Morgan fingerprint density at radius 2 is 1.96 bits per heavy atom. The summed E-state index contributed by atoms with van der Waals surface area (Å²) in [4.78, 5) is 18.8. The zero-order valence-electron chi connectivity index (χ0n) is 13.3. The Balaban J connectivity index is 2.07. The normalized spacial score (nSPS) is 12.3. The highest BCUT2D eigenvalue weighted by Crippen LogP contribution is 2.32. The highest BCUT2D eigenvalue weighted by Gasteiger charge is 2.34. The van der Waals surface area contributed by atoms with Gasteiger partial charge in [-0.3, -0.25) is 9.89 Å². The summed E-state index contributed by atoms with van der Waals surface area (Å²) in [6.07, 6.45) is -5.07. The van der Waals surface area contributed by atoms with Crippen LogP contribution in [0.5, 0.6) is 0 Å². The molecule has 0 aliphatic heterocycles.